The van der Waals surface area contributed by atoms with Crippen molar-refractivity contribution >= 4 is 46.4 Å². The maximum absolute atomic E-state index is 13.3. The second kappa shape index (κ2) is 15.8. The van der Waals surface area contributed by atoms with Gasteiger partial charge in [0.2, 0.25) is 29.5 Å². The van der Waals surface area contributed by atoms with Crippen LogP contribution in [0.1, 0.15) is 36.8 Å². The van der Waals surface area contributed by atoms with E-state index in [-0.39, 0.29) is 38.5 Å². The molecular formula is C30H37N7O7. The first-order chi connectivity index (χ1) is 20.9. The number of para-hydroxylation sites is 1. The summed E-state index contributed by atoms with van der Waals surface area (Å²) in [5, 5.41) is 17.9. The lowest BCUT2D eigenvalue weighted by Gasteiger charge is -2.25. The summed E-state index contributed by atoms with van der Waals surface area (Å²) in [4.78, 5) is 77.5. The van der Waals surface area contributed by atoms with Crippen molar-refractivity contribution in [2.24, 2.45) is 17.2 Å². The third-order valence-electron chi connectivity index (χ3n) is 6.97. The van der Waals surface area contributed by atoms with Gasteiger partial charge < -0.3 is 43.2 Å². The Balaban J connectivity index is 1.73. The van der Waals surface area contributed by atoms with E-state index in [9.17, 15) is 33.9 Å². The fraction of sp³-hybridized carbons (Fsp3) is 0.333. The molecule has 44 heavy (non-hydrogen) atoms. The molecule has 3 aromatic rings. The Morgan fingerprint density at radius 1 is 0.705 bits per heavy atom. The SMILES string of the molecule is NC(=O)CCC(NC(=O)C(N)Cc1c[nH]c2ccccc12)C(=O)NC(CCC(N)=O)C(=O)NC(Cc1ccccc1)C(=O)O. The van der Waals surface area contributed by atoms with Gasteiger partial charge in [0, 0.05) is 36.4 Å². The first-order valence-electron chi connectivity index (χ1n) is 14.0. The van der Waals surface area contributed by atoms with E-state index in [1.54, 1.807) is 36.5 Å². The van der Waals surface area contributed by atoms with Crippen molar-refractivity contribution in [2.45, 2.75) is 62.7 Å². The van der Waals surface area contributed by atoms with Crippen LogP contribution in [-0.2, 0) is 41.6 Å². The Hall–Kier alpha value is -5.24. The second-order valence-corrected chi connectivity index (χ2v) is 10.4. The molecule has 3 rings (SSSR count). The smallest absolute Gasteiger partial charge is 0.326 e. The van der Waals surface area contributed by atoms with E-state index in [2.05, 4.69) is 20.9 Å². The van der Waals surface area contributed by atoms with Gasteiger partial charge in [0.15, 0.2) is 0 Å². The van der Waals surface area contributed by atoms with Crippen molar-refractivity contribution in [2.75, 3.05) is 0 Å². The number of carboxylic acids is 1. The van der Waals surface area contributed by atoms with E-state index in [4.69, 9.17) is 17.2 Å². The van der Waals surface area contributed by atoms with E-state index in [1.807, 2.05) is 24.3 Å². The van der Waals surface area contributed by atoms with E-state index in [1.165, 1.54) is 0 Å². The summed E-state index contributed by atoms with van der Waals surface area (Å²) in [7, 11) is 0. The van der Waals surface area contributed by atoms with Crippen LogP contribution in [0.15, 0.2) is 60.8 Å². The zero-order valence-corrected chi connectivity index (χ0v) is 24.0. The van der Waals surface area contributed by atoms with Crippen LogP contribution in [0.5, 0.6) is 0 Å². The molecule has 5 amide bonds. The number of amides is 5. The summed E-state index contributed by atoms with van der Waals surface area (Å²) in [5.41, 5.74) is 19.0. The summed E-state index contributed by atoms with van der Waals surface area (Å²) >= 11 is 0. The van der Waals surface area contributed by atoms with Crippen LogP contribution in [-0.4, -0.2) is 69.8 Å². The monoisotopic (exact) mass is 607 g/mol. The number of aromatic amines is 1. The predicted molar refractivity (Wildman–Crippen MR) is 160 cm³/mol. The molecule has 14 heteroatoms. The molecule has 0 aliphatic carbocycles. The average molecular weight is 608 g/mol. The number of hydrogen-bond acceptors (Lipinski definition) is 7. The quantitative estimate of drug-likeness (QED) is 0.0976. The number of nitrogens with one attached hydrogen (secondary N) is 4. The van der Waals surface area contributed by atoms with Gasteiger partial charge in [-0.2, -0.15) is 0 Å². The summed E-state index contributed by atoms with van der Waals surface area (Å²) in [6.45, 7) is 0. The minimum absolute atomic E-state index is 0.0377. The van der Waals surface area contributed by atoms with Crippen LogP contribution in [0.3, 0.4) is 0 Å². The van der Waals surface area contributed by atoms with Gasteiger partial charge in [0.05, 0.1) is 6.04 Å². The summed E-state index contributed by atoms with van der Waals surface area (Å²) in [6.07, 6.45) is 0.809. The van der Waals surface area contributed by atoms with E-state index in [0.717, 1.165) is 16.5 Å². The topological polar surface area (TPSA) is 253 Å². The van der Waals surface area contributed by atoms with Crippen molar-refractivity contribution in [3.8, 4) is 0 Å². The molecule has 2 aromatic carbocycles. The molecule has 0 fully saturated rings. The zero-order valence-electron chi connectivity index (χ0n) is 24.0. The molecule has 234 valence electrons. The number of primary amides is 2. The highest BCUT2D eigenvalue weighted by molar-refractivity contribution is 5.95. The number of aliphatic carboxylic acids is 1. The van der Waals surface area contributed by atoms with Gasteiger partial charge in [-0.05, 0) is 36.5 Å². The molecule has 0 aliphatic rings. The van der Waals surface area contributed by atoms with E-state index < -0.39 is 59.7 Å². The molecule has 1 heterocycles. The molecule has 11 N–H and O–H groups in total. The van der Waals surface area contributed by atoms with Gasteiger partial charge in [-0.3, -0.25) is 24.0 Å². The Morgan fingerprint density at radius 2 is 1.23 bits per heavy atom. The molecule has 14 nitrogen and oxygen atoms in total. The second-order valence-electron chi connectivity index (χ2n) is 10.4. The maximum atomic E-state index is 13.3. The number of carbonyl (C=O) groups is 6. The normalized spacial score (nSPS) is 13.7. The number of hydrogen-bond donors (Lipinski definition) is 8. The molecule has 0 saturated heterocycles. The highest BCUT2D eigenvalue weighted by atomic mass is 16.4. The largest absolute Gasteiger partial charge is 0.480 e. The third-order valence-corrected chi connectivity index (χ3v) is 6.97. The third kappa shape index (κ3) is 9.94. The number of fused-ring (bicyclic) bond motifs is 1. The molecule has 0 bridgehead atoms. The highest BCUT2D eigenvalue weighted by Crippen LogP contribution is 2.19. The van der Waals surface area contributed by atoms with Crippen molar-refractivity contribution in [3.63, 3.8) is 0 Å². The Kier molecular flexibility index (Phi) is 12.0. The van der Waals surface area contributed by atoms with Crippen LogP contribution in [0.4, 0.5) is 0 Å². The minimum atomic E-state index is -1.39. The lowest BCUT2D eigenvalue weighted by atomic mass is 10.0. The van der Waals surface area contributed by atoms with Gasteiger partial charge in [-0.25, -0.2) is 4.79 Å². The number of carbonyl (C=O) groups excluding carboxylic acids is 5. The summed E-state index contributed by atoms with van der Waals surface area (Å²) in [6, 6.07) is 10.9. The van der Waals surface area contributed by atoms with Gasteiger partial charge >= 0.3 is 5.97 Å². The Bertz CT molecular complexity index is 1490. The molecule has 0 radical (unpaired) electrons. The van der Waals surface area contributed by atoms with Gasteiger partial charge in [0.1, 0.15) is 18.1 Å². The maximum Gasteiger partial charge on any atom is 0.326 e. The lowest BCUT2D eigenvalue weighted by molar-refractivity contribution is -0.142. The van der Waals surface area contributed by atoms with E-state index in [0.29, 0.717) is 5.56 Å². The predicted octanol–water partition coefficient (Wildman–Crippen LogP) is -0.650. The number of carboxylic acid groups (broad SMARTS) is 1. The van der Waals surface area contributed by atoms with Gasteiger partial charge in [0.25, 0.3) is 0 Å². The first kappa shape index (κ1) is 33.3. The fourth-order valence-electron chi connectivity index (χ4n) is 4.61. The van der Waals surface area contributed by atoms with Crippen molar-refractivity contribution in [1.29, 1.82) is 0 Å². The van der Waals surface area contributed by atoms with Crippen LogP contribution in [0.2, 0.25) is 0 Å². The summed E-state index contributed by atoms with van der Waals surface area (Å²) in [5.74, 6) is -5.21. The molecule has 4 atom stereocenters. The number of aromatic nitrogens is 1. The van der Waals surface area contributed by atoms with Gasteiger partial charge in [-0.15, -0.1) is 0 Å². The first-order valence-corrected chi connectivity index (χ1v) is 14.0. The van der Waals surface area contributed by atoms with Crippen molar-refractivity contribution in [1.82, 2.24) is 20.9 Å². The lowest BCUT2D eigenvalue weighted by Crippen LogP contribution is -2.57. The fourth-order valence-corrected chi connectivity index (χ4v) is 4.61. The Labute approximate surface area is 253 Å². The van der Waals surface area contributed by atoms with Crippen molar-refractivity contribution < 1.29 is 33.9 Å². The van der Waals surface area contributed by atoms with E-state index >= 15 is 0 Å². The highest BCUT2D eigenvalue weighted by Gasteiger charge is 2.31. The molecule has 1 aromatic heterocycles. The zero-order chi connectivity index (χ0) is 32.2. The number of benzene rings is 2. The standard InChI is InChI=1S/C30H37N7O7/c31-20(15-18-16-34-21-9-5-4-8-19(18)21)27(40)35-22(10-12-25(32)38)28(41)36-23(11-13-26(33)39)29(42)37-24(30(43)44)14-17-6-2-1-3-7-17/h1-9,16,20,22-24,34H,10-15,31H2,(H2,32,38)(H2,33,39)(H,35,40)(H,36,41)(H,37,42)(H,43,44). The molecule has 0 spiro atoms. The van der Waals surface area contributed by atoms with Crippen LogP contribution >= 0.6 is 0 Å². The molecule has 0 saturated carbocycles. The summed E-state index contributed by atoms with van der Waals surface area (Å²) < 4.78 is 0. The molecular weight excluding hydrogens is 570 g/mol. The average Bonchev–Trinajstić information content (AvgIpc) is 3.39. The van der Waals surface area contributed by atoms with Crippen LogP contribution in [0, 0.1) is 0 Å². The number of H-pyrrole nitrogens is 1. The number of rotatable bonds is 17. The molecule has 4 unspecified atom stereocenters. The Morgan fingerprint density at radius 3 is 1.80 bits per heavy atom. The van der Waals surface area contributed by atoms with Crippen LogP contribution in [0.25, 0.3) is 10.9 Å². The minimum Gasteiger partial charge on any atom is -0.480 e. The van der Waals surface area contributed by atoms with Gasteiger partial charge in [-0.1, -0.05) is 48.5 Å². The van der Waals surface area contributed by atoms with Crippen molar-refractivity contribution in [3.05, 3.63) is 71.9 Å². The van der Waals surface area contributed by atoms with Crippen LogP contribution < -0.4 is 33.2 Å². The molecule has 0 aliphatic heterocycles. The number of nitrogens with two attached hydrogens (primary N) is 3.